The first-order valence-corrected chi connectivity index (χ1v) is 13.2. The van der Waals surface area contributed by atoms with E-state index in [0.717, 1.165) is 30.6 Å². The summed E-state index contributed by atoms with van der Waals surface area (Å²) in [5, 5.41) is 1.85. The molecule has 0 aliphatic carbocycles. The minimum Gasteiger partial charge on any atom is -0.337 e. The third-order valence-electron chi connectivity index (χ3n) is 7.03. The second-order valence-corrected chi connectivity index (χ2v) is 10.5. The summed E-state index contributed by atoms with van der Waals surface area (Å²) in [6, 6.07) is 20.2. The molecule has 36 heavy (non-hydrogen) atoms. The number of nitrogens with zero attached hydrogens (tertiary/aromatic N) is 3. The topological polar surface area (TPSA) is 43.9 Å². The Hall–Kier alpha value is -2.57. The highest BCUT2D eigenvalue weighted by molar-refractivity contribution is 6.31. The molecule has 2 heterocycles. The van der Waals surface area contributed by atoms with Crippen molar-refractivity contribution in [2.75, 3.05) is 39.3 Å². The molecular weight excluding hydrogens is 517 g/mol. The lowest BCUT2D eigenvalue weighted by Gasteiger charge is -2.38. The summed E-state index contributed by atoms with van der Waals surface area (Å²) < 4.78 is 0. The maximum absolute atomic E-state index is 13.5. The van der Waals surface area contributed by atoms with Crippen molar-refractivity contribution in [3.8, 4) is 11.1 Å². The Labute approximate surface area is 226 Å². The standard InChI is InChI=1S/C28H26Cl3N3O2/c29-21-5-1-19(2-6-21)26-17-23(31)9-10-25(26)28(36)34-12-11-24(18-34)32-13-15-33(16-14-32)27(35)20-3-7-22(30)8-4-20/h1-10,17,24H,11-16,18H2. The molecule has 0 aromatic heterocycles. The maximum atomic E-state index is 13.5. The Bertz CT molecular complexity index is 1260. The molecule has 2 aliphatic heterocycles. The molecule has 8 heteroatoms. The highest BCUT2D eigenvalue weighted by atomic mass is 35.5. The van der Waals surface area contributed by atoms with E-state index >= 15 is 0 Å². The zero-order valence-electron chi connectivity index (χ0n) is 19.7. The normalized spacial score (nSPS) is 18.5. The van der Waals surface area contributed by atoms with Gasteiger partial charge in [0.1, 0.15) is 0 Å². The molecule has 2 saturated heterocycles. The number of likely N-dealkylation sites (tertiary alicyclic amines) is 1. The summed E-state index contributed by atoms with van der Waals surface area (Å²) in [5.74, 6) is 0.0441. The molecule has 2 aliphatic rings. The summed E-state index contributed by atoms with van der Waals surface area (Å²) in [6.45, 7) is 4.31. The summed E-state index contributed by atoms with van der Waals surface area (Å²) in [6.07, 6.45) is 0.917. The molecule has 5 nitrogen and oxygen atoms in total. The number of rotatable bonds is 4. The minimum atomic E-state index is 0.00988. The average Bonchev–Trinajstić information content (AvgIpc) is 3.39. The van der Waals surface area contributed by atoms with Crippen LogP contribution in [0.2, 0.25) is 15.1 Å². The number of carbonyl (C=O) groups excluding carboxylic acids is 2. The van der Waals surface area contributed by atoms with E-state index in [1.54, 1.807) is 30.3 Å². The first-order chi connectivity index (χ1) is 17.4. The van der Waals surface area contributed by atoms with E-state index in [1.165, 1.54) is 0 Å². The molecule has 1 atom stereocenters. The van der Waals surface area contributed by atoms with Crippen LogP contribution in [0, 0.1) is 0 Å². The van der Waals surface area contributed by atoms with Gasteiger partial charge in [0.2, 0.25) is 0 Å². The lowest BCUT2D eigenvalue weighted by molar-refractivity contribution is 0.0568. The summed E-state index contributed by atoms with van der Waals surface area (Å²) in [7, 11) is 0. The maximum Gasteiger partial charge on any atom is 0.254 e. The summed E-state index contributed by atoms with van der Waals surface area (Å²) in [5.41, 5.74) is 3.01. The predicted molar refractivity (Wildman–Crippen MR) is 145 cm³/mol. The van der Waals surface area contributed by atoms with Crippen LogP contribution >= 0.6 is 34.8 Å². The third kappa shape index (κ3) is 5.40. The molecule has 0 N–H and O–H groups in total. The van der Waals surface area contributed by atoms with Gasteiger partial charge in [0.05, 0.1) is 0 Å². The van der Waals surface area contributed by atoms with Crippen LogP contribution in [0.1, 0.15) is 27.1 Å². The van der Waals surface area contributed by atoms with Crippen LogP contribution in [0.5, 0.6) is 0 Å². The molecule has 0 bridgehead atoms. The molecule has 0 radical (unpaired) electrons. The van der Waals surface area contributed by atoms with Gasteiger partial charge in [0, 0.05) is 71.5 Å². The molecule has 3 aromatic carbocycles. The number of halogens is 3. The van der Waals surface area contributed by atoms with Crippen molar-refractivity contribution in [1.82, 2.24) is 14.7 Å². The number of piperazine rings is 1. The highest BCUT2D eigenvalue weighted by Gasteiger charge is 2.34. The second kappa shape index (κ2) is 10.8. The molecule has 2 amide bonds. The zero-order chi connectivity index (χ0) is 25.2. The molecule has 3 aromatic rings. The van der Waals surface area contributed by atoms with Gasteiger partial charge in [-0.3, -0.25) is 14.5 Å². The van der Waals surface area contributed by atoms with E-state index in [4.69, 9.17) is 34.8 Å². The van der Waals surface area contributed by atoms with Gasteiger partial charge in [-0.05, 0) is 72.1 Å². The van der Waals surface area contributed by atoms with Crippen LogP contribution in [-0.2, 0) is 0 Å². The first-order valence-electron chi connectivity index (χ1n) is 12.0. The quantitative estimate of drug-likeness (QED) is 0.407. The Morgan fingerprint density at radius 3 is 1.94 bits per heavy atom. The van der Waals surface area contributed by atoms with E-state index in [-0.39, 0.29) is 17.9 Å². The Morgan fingerprint density at radius 1 is 0.667 bits per heavy atom. The van der Waals surface area contributed by atoms with Gasteiger partial charge in [-0.1, -0.05) is 46.9 Å². The summed E-state index contributed by atoms with van der Waals surface area (Å²) >= 11 is 18.3. The fourth-order valence-corrected chi connectivity index (χ4v) is 5.46. The smallest absolute Gasteiger partial charge is 0.254 e. The van der Waals surface area contributed by atoms with Crippen LogP contribution in [0.15, 0.2) is 66.7 Å². The van der Waals surface area contributed by atoms with Crippen LogP contribution in [0.4, 0.5) is 0 Å². The Balaban J connectivity index is 1.22. The van der Waals surface area contributed by atoms with Crippen molar-refractivity contribution >= 4 is 46.6 Å². The predicted octanol–water partition coefficient (Wildman–Crippen LogP) is 5.99. The zero-order valence-corrected chi connectivity index (χ0v) is 21.9. The van der Waals surface area contributed by atoms with E-state index in [0.29, 0.717) is 52.4 Å². The minimum absolute atomic E-state index is 0.00988. The van der Waals surface area contributed by atoms with Crippen LogP contribution in [0.25, 0.3) is 11.1 Å². The molecule has 1 unspecified atom stereocenters. The third-order valence-corrected chi connectivity index (χ3v) is 7.77. The van der Waals surface area contributed by atoms with Gasteiger partial charge < -0.3 is 9.80 Å². The van der Waals surface area contributed by atoms with Crippen LogP contribution < -0.4 is 0 Å². The van der Waals surface area contributed by atoms with Crippen LogP contribution in [0.3, 0.4) is 0 Å². The van der Waals surface area contributed by atoms with Gasteiger partial charge in [0.25, 0.3) is 11.8 Å². The monoisotopic (exact) mass is 541 g/mol. The number of benzene rings is 3. The van der Waals surface area contributed by atoms with Gasteiger partial charge in [-0.15, -0.1) is 0 Å². The SMILES string of the molecule is O=C(c1ccc(Cl)cc1)N1CCN(C2CCN(C(=O)c3ccc(Cl)cc3-c3ccc(Cl)cc3)C2)CC1. The Morgan fingerprint density at radius 2 is 1.28 bits per heavy atom. The Kier molecular flexibility index (Phi) is 7.54. The van der Waals surface area contributed by atoms with Gasteiger partial charge in [-0.2, -0.15) is 0 Å². The van der Waals surface area contributed by atoms with Gasteiger partial charge >= 0.3 is 0 Å². The molecule has 0 spiro atoms. The molecule has 5 rings (SSSR count). The van der Waals surface area contributed by atoms with Gasteiger partial charge in [0.15, 0.2) is 0 Å². The van der Waals surface area contributed by atoms with Crippen LogP contribution in [-0.4, -0.2) is 71.8 Å². The lowest BCUT2D eigenvalue weighted by atomic mass is 9.99. The highest BCUT2D eigenvalue weighted by Crippen LogP contribution is 2.30. The fraction of sp³-hybridized carbons (Fsp3) is 0.286. The van der Waals surface area contributed by atoms with Crippen molar-refractivity contribution in [2.24, 2.45) is 0 Å². The molecular formula is C28H26Cl3N3O2. The number of amides is 2. The number of carbonyl (C=O) groups is 2. The number of hydrogen-bond acceptors (Lipinski definition) is 3. The van der Waals surface area contributed by atoms with E-state index < -0.39 is 0 Å². The van der Waals surface area contributed by atoms with Crippen molar-refractivity contribution in [3.05, 3.63) is 92.9 Å². The molecule has 0 saturated carbocycles. The van der Waals surface area contributed by atoms with E-state index in [2.05, 4.69) is 4.90 Å². The van der Waals surface area contributed by atoms with Gasteiger partial charge in [-0.25, -0.2) is 0 Å². The van der Waals surface area contributed by atoms with Crippen molar-refractivity contribution in [1.29, 1.82) is 0 Å². The van der Waals surface area contributed by atoms with E-state index in [9.17, 15) is 9.59 Å². The van der Waals surface area contributed by atoms with Crippen molar-refractivity contribution < 1.29 is 9.59 Å². The fourth-order valence-electron chi connectivity index (χ4n) is 5.03. The first kappa shape index (κ1) is 25.1. The molecule has 2 fully saturated rings. The average molecular weight is 543 g/mol. The number of hydrogen-bond donors (Lipinski definition) is 0. The van der Waals surface area contributed by atoms with Crippen molar-refractivity contribution in [2.45, 2.75) is 12.5 Å². The lowest BCUT2D eigenvalue weighted by Crippen LogP contribution is -2.52. The summed E-state index contributed by atoms with van der Waals surface area (Å²) in [4.78, 5) is 32.6. The second-order valence-electron chi connectivity index (χ2n) is 9.23. The largest absolute Gasteiger partial charge is 0.337 e. The molecule has 186 valence electrons. The van der Waals surface area contributed by atoms with E-state index in [1.807, 2.05) is 46.2 Å². The van der Waals surface area contributed by atoms with Crippen molar-refractivity contribution in [3.63, 3.8) is 0 Å².